The lowest BCUT2D eigenvalue weighted by molar-refractivity contribution is 1.06. The summed E-state index contributed by atoms with van der Waals surface area (Å²) in [5.41, 5.74) is 2.56. The van der Waals surface area contributed by atoms with E-state index in [4.69, 9.17) is 0 Å². The summed E-state index contributed by atoms with van der Waals surface area (Å²) < 4.78 is 0. The van der Waals surface area contributed by atoms with Crippen LogP contribution in [0.1, 0.15) is 5.56 Å². The third-order valence-electron chi connectivity index (χ3n) is 2.08. The molecule has 0 aliphatic carbocycles. The van der Waals surface area contributed by atoms with E-state index < -0.39 is 0 Å². The van der Waals surface area contributed by atoms with E-state index in [1.807, 2.05) is 30.3 Å². The first-order valence-corrected chi connectivity index (χ1v) is 4.11. The van der Waals surface area contributed by atoms with Crippen LogP contribution in [0.3, 0.4) is 0 Å². The molecule has 0 radical (unpaired) electrons. The van der Waals surface area contributed by atoms with Gasteiger partial charge in [0.05, 0.1) is 5.69 Å². The van der Waals surface area contributed by atoms with Gasteiger partial charge >= 0.3 is 0 Å². The fourth-order valence-corrected chi connectivity index (χ4v) is 1.31. The minimum absolute atomic E-state index is 0.0566. The lowest BCUT2D eigenvalue weighted by Crippen LogP contribution is -2.00. The maximum Gasteiger partial charge on any atom is 0.267 e. The molecule has 0 saturated heterocycles. The normalized spacial score (nSPS) is 10.2. The van der Waals surface area contributed by atoms with Crippen molar-refractivity contribution in [1.82, 2.24) is 10.2 Å². The van der Waals surface area contributed by atoms with Crippen molar-refractivity contribution in [1.29, 1.82) is 0 Å². The first-order chi connectivity index (χ1) is 6.29. The minimum atomic E-state index is -0.0566. The number of rotatable bonds is 1. The molecular formula is C10H10N2O. The van der Waals surface area contributed by atoms with Crippen LogP contribution in [0.25, 0.3) is 11.3 Å². The number of nitrogens with one attached hydrogen (secondary N) is 2. The van der Waals surface area contributed by atoms with Crippen molar-refractivity contribution in [3.63, 3.8) is 0 Å². The Morgan fingerprint density at radius 3 is 2.31 bits per heavy atom. The zero-order valence-corrected chi connectivity index (χ0v) is 7.29. The molecule has 2 rings (SSSR count). The predicted octanol–water partition coefficient (Wildman–Crippen LogP) is 1.68. The molecule has 66 valence electrons. The number of benzene rings is 1. The minimum Gasteiger partial charge on any atom is -0.297 e. The van der Waals surface area contributed by atoms with Gasteiger partial charge in [0, 0.05) is 5.56 Å². The maximum absolute atomic E-state index is 11.1. The summed E-state index contributed by atoms with van der Waals surface area (Å²) in [6.07, 6.45) is 0. The van der Waals surface area contributed by atoms with Crippen molar-refractivity contribution < 1.29 is 0 Å². The summed E-state index contributed by atoms with van der Waals surface area (Å²) in [5, 5.41) is 5.41. The molecule has 0 unspecified atom stereocenters. The van der Waals surface area contributed by atoms with E-state index in [1.54, 1.807) is 6.92 Å². The van der Waals surface area contributed by atoms with E-state index in [0.717, 1.165) is 16.8 Å². The van der Waals surface area contributed by atoms with Gasteiger partial charge in [-0.2, -0.15) is 0 Å². The summed E-state index contributed by atoms with van der Waals surface area (Å²) in [7, 11) is 0. The second kappa shape index (κ2) is 2.94. The van der Waals surface area contributed by atoms with Crippen LogP contribution in [0.5, 0.6) is 0 Å². The van der Waals surface area contributed by atoms with Crippen LogP contribution >= 0.6 is 0 Å². The molecule has 1 aromatic heterocycles. The first-order valence-electron chi connectivity index (χ1n) is 4.11. The average Bonchev–Trinajstić information content (AvgIpc) is 2.49. The Morgan fingerprint density at radius 1 is 1.08 bits per heavy atom. The molecule has 0 fully saturated rings. The van der Waals surface area contributed by atoms with Crippen LogP contribution in [0.2, 0.25) is 0 Å². The highest BCUT2D eigenvalue weighted by molar-refractivity contribution is 5.61. The van der Waals surface area contributed by atoms with Crippen molar-refractivity contribution in [2.75, 3.05) is 0 Å². The molecule has 0 aliphatic rings. The van der Waals surface area contributed by atoms with Gasteiger partial charge in [0.25, 0.3) is 5.56 Å². The van der Waals surface area contributed by atoms with E-state index in [0.29, 0.717) is 0 Å². The zero-order valence-electron chi connectivity index (χ0n) is 7.29. The van der Waals surface area contributed by atoms with Crippen molar-refractivity contribution in [2.45, 2.75) is 6.92 Å². The van der Waals surface area contributed by atoms with Crippen molar-refractivity contribution in [2.24, 2.45) is 0 Å². The van der Waals surface area contributed by atoms with Gasteiger partial charge in [0.15, 0.2) is 0 Å². The number of hydrogen-bond donors (Lipinski definition) is 2. The molecule has 13 heavy (non-hydrogen) atoms. The number of H-pyrrole nitrogens is 2. The fourth-order valence-electron chi connectivity index (χ4n) is 1.31. The van der Waals surface area contributed by atoms with Gasteiger partial charge in [0.1, 0.15) is 0 Å². The monoisotopic (exact) mass is 174 g/mol. The molecule has 2 N–H and O–H groups in total. The third kappa shape index (κ3) is 1.28. The predicted molar refractivity (Wildman–Crippen MR) is 51.6 cm³/mol. The van der Waals surface area contributed by atoms with Gasteiger partial charge < -0.3 is 0 Å². The molecule has 0 aliphatic heterocycles. The molecule has 0 spiro atoms. The summed E-state index contributed by atoms with van der Waals surface area (Å²) in [6, 6.07) is 9.77. The highest BCUT2D eigenvalue weighted by Gasteiger charge is 2.05. The van der Waals surface area contributed by atoms with Gasteiger partial charge in [0.2, 0.25) is 0 Å². The molecule has 0 amide bonds. The molecule has 0 atom stereocenters. The quantitative estimate of drug-likeness (QED) is 0.678. The SMILES string of the molecule is Cc1c(-c2ccccc2)[nH][nH]c1=O. The van der Waals surface area contributed by atoms with Crippen molar-refractivity contribution >= 4 is 0 Å². The molecule has 1 heterocycles. The largest absolute Gasteiger partial charge is 0.297 e. The summed E-state index contributed by atoms with van der Waals surface area (Å²) in [5.74, 6) is 0. The van der Waals surface area contributed by atoms with E-state index in [1.165, 1.54) is 0 Å². The average molecular weight is 174 g/mol. The third-order valence-corrected chi connectivity index (χ3v) is 2.08. The molecule has 1 aromatic carbocycles. The first kappa shape index (κ1) is 7.86. The van der Waals surface area contributed by atoms with E-state index in [-0.39, 0.29) is 5.56 Å². The fraction of sp³-hybridized carbons (Fsp3) is 0.100. The van der Waals surface area contributed by atoms with Gasteiger partial charge in [-0.15, -0.1) is 0 Å². The van der Waals surface area contributed by atoms with E-state index in [9.17, 15) is 4.79 Å². The molecular weight excluding hydrogens is 164 g/mol. The molecule has 2 aromatic rings. The summed E-state index contributed by atoms with van der Waals surface area (Å²) >= 11 is 0. The van der Waals surface area contributed by atoms with Crippen LogP contribution in [0.15, 0.2) is 35.1 Å². The van der Waals surface area contributed by atoms with Crippen LogP contribution in [-0.4, -0.2) is 10.2 Å². The molecule has 3 heteroatoms. The zero-order chi connectivity index (χ0) is 9.26. The van der Waals surface area contributed by atoms with E-state index >= 15 is 0 Å². The van der Waals surface area contributed by atoms with Crippen LogP contribution in [0.4, 0.5) is 0 Å². The lowest BCUT2D eigenvalue weighted by Gasteiger charge is -1.96. The summed E-state index contributed by atoms with van der Waals surface area (Å²) in [4.78, 5) is 11.1. The van der Waals surface area contributed by atoms with Crippen molar-refractivity contribution in [3.8, 4) is 11.3 Å². The van der Waals surface area contributed by atoms with Gasteiger partial charge in [-0.05, 0) is 12.5 Å². The second-order valence-corrected chi connectivity index (χ2v) is 2.95. The van der Waals surface area contributed by atoms with Crippen LogP contribution in [0, 0.1) is 6.92 Å². The Bertz CT molecular complexity index is 453. The Kier molecular flexibility index (Phi) is 1.77. The van der Waals surface area contributed by atoms with Gasteiger partial charge in [-0.3, -0.25) is 15.0 Å². The maximum atomic E-state index is 11.1. The molecule has 3 nitrogen and oxygen atoms in total. The highest BCUT2D eigenvalue weighted by Crippen LogP contribution is 2.16. The Balaban J connectivity index is 2.60. The summed E-state index contributed by atoms with van der Waals surface area (Å²) in [6.45, 7) is 1.80. The second-order valence-electron chi connectivity index (χ2n) is 2.95. The number of aromatic nitrogens is 2. The highest BCUT2D eigenvalue weighted by atomic mass is 16.1. The Labute approximate surface area is 75.4 Å². The molecule has 0 saturated carbocycles. The van der Waals surface area contributed by atoms with Crippen molar-refractivity contribution in [3.05, 3.63) is 46.2 Å². The Hall–Kier alpha value is -1.77. The topological polar surface area (TPSA) is 48.6 Å². The standard InChI is InChI=1S/C10H10N2O/c1-7-9(11-12-10(7)13)8-5-3-2-4-6-8/h2-6H,1H3,(H2,11,12,13). The van der Waals surface area contributed by atoms with Crippen LogP contribution in [-0.2, 0) is 0 Å². The van der Waals surface area contributed by atoms with Gasteiger partial charge in [-0.25, -0.2) is 0 Å². The lowest BCUT2D eigenvalue weighted by atomic mass is 10.1. The van der Waals surface area contributed by atoms with Gasteiger partial charge in [-0.1, -0.05) is 30.3 Å². The smallest absolute Gasteiger partial charge is 0.267 e. The number of aromatic amines is 2. The number of hydrogen-bond acceptors (Lipinski definition) is 1. The van der Waals surface area contributed by atoms with E-state index in [2.05, 4.69) is 10.2 Å². The van der Waals surface area contributed by atoms with Crippen LogP contribution < -0.4 is 5.56 Å². The Morgan fingerprint density at radius 2 is 1.77 bits per heavy atom. The molecule has 0 bridgehead atoms.